The zero-order valence-corrected chi connectivity index (χ0v) is 11.8. The molecule has 1 heterocycles. The van der Waals surface area contributed by atoms with Crippen LogP contribution < -0.4 is 10.6 Å². The highest BCUT2D eigenvalue weighted by atomic mass is 15.2. The second kappa shape index (κ2) is 5.34. The Bertz CT molecular complexity index is 385. The number of hydrogen-bond donors (Lipinski definition) is 1. The fourth-order valence-corrected chi connectivity index (χ4v) is 1.84. The number of anilines is 2. The Kier molecular flexibility index (Phi) is 4.32. The van der Waals surface area contributed by atoms with E-state index in [4.69, 9.17) is 5.73 Å². The van der Waals surface area contributed by atoms with Crippen molar-refractivity contribution in [2.75, 3.05) is 17.2 Å². The highest BCUT2D eigenvalue weighted by Gasteiger charge is 2.17. The predicted octanol–water partition coefficient (Wildman–Crippen LogP) is 2.73. The topological polar surface area (TPSA) is 55.0 Å². The smallest absolute Gasteiger partial charge is 0.137 e. The second-order valence-corrected chi connectivity index (χ2v) is 4.95. The number of nitrogens with two attached hydrogens (primary N) is 1. The molecule has 1 rings (SSSR count). The molecule has 1 aromatic heterocycles. The Labute approximate surface area is 104 Å². The molecule has 96 valence electrons. The van der Waals surface area contributed by atoms with Crippen LogP contribution >= 0.6 is 0 Å². The average molecular weight is 236 g/mol. The quantitative estimate of drug-likeness (QED) is 0.873. The van der Waals surface area contributed by atoms with Crippen LogP contribution in [0, 0.1) is 6.92 Å². The fourth-order valence-electron chi connectivity index (χ4n) is 1.84. The summed E-state index contributed by atoms with van der Waals surface area (Å²) in [5.74, 6) is 2.68. The van der Waals surface area contributed by atoms with Gasteiger partial charge in [0, 0.05) is 24.1 Å². The Morgan fingerprint density at radius 2 is 1.76 bits per heavy atom. The molecular formula is C13H24N4. The zero-order chi connectivity index (χ0) is 13.2. The molecule has 0 atom stereocenters. The SMILES string of the molecule is CCN(c1nc(C(C)C)nc(N)c1C)C(C)C. The van der Waals surface area contributed by atoms with Crippen molar-refractivity contribution in [3.05, 3.63) is 11.4 Å². The van der Waals surface area contributed by atoms with Gasteiger partial charge < -0.3 is 10.6 Å². The van der Waals surface area contributed by atoms with E-state index in [1.165, 1.54) is 0 Å². The first-order chi connectivity index (χ1) is 7.88. The van der Waals surface area contributed by atoms with E-state index in [1.807, 2.05) is 6.92 Å². The van der Waals surface area contributed by atoms with Crippen LogP contribution in [0.25, 0.3) is 0 Å². The van der Waals surface area contributed by atoms with Crippen molar-refractivity contribution in [2.24, 2.45) is 0 Å². The van der Waals surface area contributed by atoms with Crippen LogP contribution in [0.2, 0.25) is 0 Å². The van der Waals surface area contributed by atoms with Gasteiger partial charge in [0.05, 0.1) is 0 Å². The van der Waals surface area contributed by atoms with Crippen LogP contribution in [0.5, 0.6) is 0 Å². The average Bonchev–Trinajstić information content (AvgIpc) is 2.24. The number of nitrogens with zero attached hydrogens (tertiary/aromatic N) is 3. The van der Waals surface area contributed by atoms with E-state index in [0.717, 1.165) is 23.8 Å². The Balaban J connectivity index is 3.30. The number of rotatable bonds is 4. The van der Waals surface area contributed by atoms with Crippen LogP contribution in [0.3, 0.4) is 0 Å². The largest absolute Gasteiger partial charge is 0.383 e. The van der Waals surface area contributed by atoms with Gasteiger partial charge in [-0.05, 0) is 27.7 Å². The summed E-state index contributed by atoms with van der Waals surface area (Å²) in [4.78, 5) is 11.3. The highest BCUT2D eigenvalue weighted by molar-refractivity contribution is 5.57. The molecule has 0 bridgehead atoms. The lowest BCUT2D eigenvalue weighted by molar-refractivity contribution is 0.678. The van der Waals surface area contributed by atoms with E-state index in [2.05, 4.69) is 49.5 Å². The zero-order valence-electron chi connectivity index (χ0n) is 11.8. The standard InChI is InChI=1S/C13H24N4/c1-7-17(9(4)5)13-10(6)11(14)15-12(16-13)8(2)3/h8-9H,7H2,1-6H3,(H2,14,15,16). The summed E-state index contributed by atoms with van der Waals surface area (Å²) in [7, 11) is 0. The van der Waals surface area contributed by atoms with Gasteiger partial charge in [0.15, 0.2) is 0 Å². The first-order valence-electron chi connectivity index (χ1n) is 6.29. The third kappa shape index (κ3) is 2.87. The van der Waals surface area contributed by atoms with Gasteiger partial charge in [-0.1, -0.05) is 13.8 Å². The number of nitrogen functional groups attached to an aromatic ring is 1. The van der Waals surface area contributed by atoms with Crippen LogP contribution in [0.1, 0.15) is 51.9 Å². The lowest BCUT2D eigenvalue weighted by Crippen LogP contribution is -2.32. The maximum absolute atomic E-state index is 5.97. The van der Waals surface area contributed by atoms with Gasteiger partial charge in [-0.3, -0.25) is 0 Å². The third-order valence-electron chi connectivity index (χ3n) is 2.93. The van der Waals surface area contributed by atoms with Gasteiger partial charge in [-0.2, -0.15) is 0 Å². The summed E-state index contributed by atoms with van der Waals surface area (Å²) in [6, 6.07) is 0.410. The van der Waals surface area contributed by atoms with Crippen molar-refractivity contribution >= 4 is 11.6 Å². The van der Waals surface area contributed by atoms with Crippen LogP contribution in [0.15, 0.2) is 0 Å². The van der Waals surface area contributed by atoms with Gasteiger partial charge >= 0.3 is 0 Å². The van der Waals surface area contributed by atoms with E-state index in [0.29, 0.717) is 17.8 Å². The number of aromatic nitrogens is 2. The molecule has 0 radical (unpaired) electrons. The Hall–Kier alpha value is -1.32. The van der Waals surface area contributed by atoms with Gasteiger partial charge in [-0.15, -0.1) is 0 Å². The molecule has 0 saturated carbocycles. The molecule has 0 aromatic carbocycles. The summed E-state index contributed by atoms with van der Waals surface area (Å²) >= 11 is 0. The highest BCUT2D eigenvalue weighted by Crippen LogP contribution is 2.25. The molecule has 0 spiro atoms. The lowest BCUT2D eigenvalue weighted by atomic mass is 10.2. The summed E-state index contributed by atoms with van der Waals surface area (Å²) in [6.45, 7) is 13.5. The molecule has 0 fully saturated rings. The molecule has 0 aliphatic heterocycles. The summed E-state index contributed by atoms with van der Waals surface area (Å²) < 4.78 is 0. The molecule has 0 amide bonds. The molecule has 4 heteroatoms. The molecule has 4 nitrogen and oxygen atoms in total. The molecule has 2 N–H and O–H groups in total. The van der Waals surface area contributed by atoms with Crippen molar-refractivity contribution in [3.63, 3.8) is 0 Å². The third-order valence-corrected chi connectivity index (χ3v) is 2.93. The normalized spacial score (nSPS) is 11.3. The minimum Gasteiger partial charge on any atom is -0.383 e. The number of hydrogen-bond acceptors (Lipinski definition) is 4. The lowest BCUT2D eigenvalue weighted by Gasteiger charge is -2.28. The van der Waals surface area contributed by atoms with E-state index >= 15 is 0 Å². The molecule has 0 aliphatic rings. The molecular weight excluding hydrogens is 212 g/mol. The van der Waals surface area contributed by atoms with Crippen molar-refractivity contribution < 1.29 is 0 Å². The predicted molar refractivity (Wildman–Crippen MR) is 73.4 cm³/mol. The van der Waals surface area contributed by atoms with Gasteiger partial charge in [0.2, 0.25) is 0 Å². The molecule has 17 heavy (non-hydrogen) atoms. The fraction of sp³-hybridized carbons (Fsp3) is 0.692. The van der Waals surface area contributed by atoms with E-state index in [9.17, 15) is 0 Å². The van der Waals surface area contributed by atoms with Gasteiger partial charge in [0.25, 0.3) is 0 Å². The first kappa shape index (κ1) is 13.7. The molecule has 1 aromatic rings. The molecule has 0 saturated heterocycles. The Morgan fingerprint density at radius 3 is 2.18 bits per heavy atom. The summed E-state index contributed by atoms with van der Waals surface area (Å²) in [5.41, 5.74) is 6.95. The van der Waals surface area contributed by atoms with Gasteiger partial charge in [0.1, 0.15) is 17.5 Å². The van der Waals surface area contributed by atoms with Crippen molar-refractivity contribution in [1.29, 1.82) is 0 Å². The summed E-state index contributed by atoms with van der Waals surface area (Å²) in [5, 5.41) is 0. The van der Waals surface area contributed by atoms with Gasteiger partial charge in [-0.25, -0.2) is 9.97 Å². The minimum atomic E-state index is 0.294. The monoisotopic (exact) mass is 236 g/mol. The van der Waals surface area contributed by atoms with Crippen molar-refractivity contribution in [2.45, 2.75) is 53.5 Å². The minimum absolute atomic E-state index is 0.294. The van der Waals surface area contributed by atoms with Crippen molar-refractivity contribution in [3.8, 4) is 0 Å². The van der Waals surface area contributed by atoms with Crippen LogP contribution in [-0.4, -0.2) is 22.6 Å². The maximum atomic E-state index is 5.97. The van der Waals surface area contributed by atoms with Crippen LogP contribution in [0.4, 0.5) is 11.6 Å². The second-order valence-electron chi connectivity index (χ2n) is 4.95. The maximum Gasteiger partial charge on any atom is 0.137 e. The summed E-state index contributed by atoms with van der Waals surface area (Å²) in [6.07, 6.45) is 0. The van der Waals surface area contributed by atoms with Crippen molar-refractivity contribution in [1.82, 2.24) is 9.97 Å². The van der Waals surface area contributed by atoms with E-state index in [1.54, 1.807) is 0 Å². The molecule has 0 unspecified atom stereocenters. The Morgan fingerprint density at radius 1 is 1.18 bits per heavy atom. The molecule has 0 aliphatic carbocycles. The van der Waals surface area contributed by atoms with E-state index in [-0.39, 0.29) is 0 Å². The van der Waals surface area contributed by atoms with E-state index < -0.39 is 0 Å². The van der Waals surface area contributed by atoms with Crippen LogP contribution in [-0.2, 0) is 0 Å². The first-order valence-corrected chi connectivity index (χ1v) is 6.29.